The molecule has 0 aliphatic heterocycles. The molecule has 0 fully saturated rings. The van der Waals surface area contributed by atoms with Crippen molar-refractivity contribution < 1.29 is 0 Å². The Morgan fingerprint density at radius 2 is 0.636 bits per heavy atom. The fourth-order valence-electron chi connectivity index (χ4n) is 13.8. The molecular weight excluding hydrogens is 945 g/mol. The monoisotopic (exact) mass is 988 g/mol. The molecule has 1 aromatic heterocycles. The van der Waals surface area contributed by atoms with Gasteiger partial charge in [0.1, 0.15) is 0 Å². The molecule has 17 rings (SSSR count). The molecule has 15 aromatic carbocycles. The Labute approximate surface area is 449 Å². The van der Waals surface area contributed by atoms with E-state index in [1.54, 1.807) is 0 Å². The third kappa shape index (κ3) is 6.09. The van der Waals surface area contributed by atoms with Crippen LogP contribution in [0.25, 0.3) is 174 Å². The molecule has 77 heavy (non-hydrogen) atoms. The molecule has 1 heterocycles. The molecule has 0 spiro atoms. The molecular formula is C76H44S. The molecule has 0 saturated carbocycles. The molecule has 0 N–H and O–H groups in total. The van der Waals surface area contributed by atoms with Crippen LogP contribution >= 0.6 is 11.3 Å². The lowest BCUT2D eigenvalue weighted by molar-refractivity contribution is 1.59. The SMILES string of the molecule is c1ccc(-c2ccc(-c3ccccc3)c3c(-c4ccccc4)c4c(c(-c5ccccc5)c23)-c2cccc3c(-c5cc(-c6ccc7c8cccc9cccc(c%10cccc6c%107)c98)cc6c5sc5ccccc56)ccc-4c23)cc1. The van der Waals surface area contributed by atoms with Crippen molar-refractivity contribution in [1.82, 2.24) is 0 Å². The van der Waals surface area contributed by atoms with Gasteiger partial charge in [0.25, 0.3) is 0 Å². The molecule has 0 atom stereocenters. The van der Waals surface area contributed by atoms with E-state index in [2.05, 4.69) is 267 Å². The van der Waals surface area contributed by atoms with Crippen molar-refractivity contribution in [3.05, 3.63) is 267 Å². The van der Waals surface area contributed by atoms with E-state index in [0.29, 0.717) is 0 Å². The first-order valence-corrected chi connectivity index (χ1v) is 27.6. The van der Waals surface area contributed by atoms with Crippen LogP contribution in [-0.2, 0) is 0 Å². The Kier molecular flexibility index (Phi) is 9.10. The minimum atomic E-state index is 1.20. The van der Waals surface area contributed by atoms with Crippen molar-refractivity contribution >= 4 is 96.1 Å². The largest absolute Gasteiger partial charge is 0.135 e. The van der Waals surface area contributed by atoms with Crippen LogP contribution in [0, 0.1) is 0 Å². The van der Waals surface area contributed by atoms with Gasteiger partial charge in [0.15, 0.2) is 0 Å². The van der Waals surface area contributed by atoms with Gasteiger partial charge in [0, 0.05) is 25.7 Å². The number of rotatable bonds is 6. The maximum Gasteiger partial charge on any atom is 0.0434 e. The van der Waals surface area contributed by atoms with Crippen molar-refractivity contribution in [2.45, 2.75) is 0 Å². The van der Waals surface area contributed by atoms with Crippen molar-refractivity contribution in [3.8, 4) is 89.0 Å². The van der Waals surface area contributed by atoms with Gasteiger partial charge in [-0.1, -0.05) is 249 Å². The van der Waals surface area contributed by atoms with E-state index in [0.717, 1.165) is 0 Å². The summed E-state index contributed by atoms with van der Waals surface area (Å²) in [6.45, 7) is 0. The topological polar surface area (TPSA) is 0 Å². The summed E-state index contributed by atoms with van der Waals surface area (Å²) in [6, 6.07) is 100. The normalized spacial score (nSPS) is 12.2. The molecule has 0 amide bonds. The van der Waals surface area contributed by atoms with Crippen molar-refractivity contribution in [2.24, 2.45) is 0 Å². The van der Waals surface area contributed by atoms with E-state index in [4.69, 9.17) is 0 Å². The molecule has 1 aliphatic carbocycles. The minimum absolute atomic E-state index is 1.20. The van der Waals surface area contributed by atoms with Gasteiger partial charge in [-0.05, 0) is 166 Å². The predicted octanol–water partition coefficient (Wildman–Crippen LogP) is 22.1. The Bertz CT molecular complexity index is 4920. The van der Waals surface area contributed by atoms with E-state index in [1.165, 1.54) is 174 Å². The van der Waals surface area contributed by atoms with Gasteiger partial charge in [-0.2, -0.15) is 0 Å². The summed E-state index contributed by atoms with van der Waals surface area (Å²) in [5, 5.41) is 18.2. The lowest BCUT2D eigenvalue weighted by Crippen LogP contribution is -1.97. The van der Waals surface area contributed by atoms with Crippen molar-refractivity contribution in [3.63, 3.8) is 0 Å². The zero-order valence-corrected chi connectivity index (χ0v) is 42.6. The summed E-state index contributed by atoms with van der Waals surface area (Å²) >= 11 is 1.92. The first-order chi connectivity index (χ1) is 38.2. The minimum Gasteiger partial charge on any atom is -0.135 e. The van der Waals surface area contributed by atoms with Gasteiger partial charge in [-0.15, -0.1) is 11.3 Å². The first kappa shape index (κ1) is 42.7. The lowest BCUT2D eigenvalue weighted by atomic mass is 9.78. The van der Waals surface area contributed by atoms with E-state index in [1.807, 2.05) is 11.3 Å². The van der Waals surface area contributed by atoms with Crippen LogP contribution in [0.4, 0.5) is 0 Å². The fraction of sp³-hybridized carbons (Fsp3) is 0. The Morgan fingerprint density at radius 1 is 0.195 bits per heavy atom. The third-order valence-electron chi connectivity index (χ3n) is 16.9. The van der Waals surface area contributed by atoms with Gasteiger partial charge in [-0.3, -0.25) is 0 Å². The maximum absolute atomic E-state index is 2.52. The van der Waals surface area contributed by atoms with Crippen LogP contribution in [0.5, 0.6) is 0 Å². The van der Waals surface area contributed by atoms with Crippen molar-refractivity contribution in [2.75, 3.05) is 0 Å². The summed E-state index contributed by atoms with van der Waals surface area (Å²) in [7, 11) is 0. The van der Waals surface area contributed by atoms with Gasteiger partial charge in [-0.25, -0.2) is 0 Å². The highest BCUT2D eigenvalue weighted by Gasteiger charge is 2.34. The van der Waals surface area contributed by atoms with E-state index in [9.17, 15) is 0 Å². The Morgan fingerprint density at radius 3 is 1.26 bits per heavy atom. The molecule has 1 aliphatic rings. The smallest absolute Gasteiger partial charge is 0.0434 e. The lowest BCUT2D eigenvalue weighted by Gasteiger charge is -2.25. The predicted molar refractivity (Wildman–Crippen MR) is 333 cm³/mol. The quantitative estimate of drug-likeness (QED) is 0.115. The number of hydrogen-bond acceptors (Lipinski definition) is 1. The molecule has 16 aromatic rings. The summed E-state index contributed by atoms with van der Waals surface area (Å²) in [5.41, 5.74) is 20.0. The summed E-state index contributed by atoms with van der Waals surface area (Å²) in [6.07, 6.45) is 0. The van der Waals surface area contributed by atoms with Crippen LogP contribution in [0.15, 0.2) is 267 Å². The summed E-state index contributed by atoms with van der Waals surface area (Å²) < 4.78 is 2.62. The Hall–Kier alpha value is -9.66. The second-order valence-electron chi connectivity index (χ2n) is 20.9. The number of thiophene rings is 1. The number of benzene rings is 15. The highest BCUT2D eigenvalue weighted by molar-refractivity contribution is 7.26. The standard InChI is InChI=1S/C76H44S/c1-5-19-45(20-6-1)52-38-39-53(46-21-7-2-8-22-46)73-69(49-25-11-4-12-26-49)75-63-42-40-54(57-33-18-35-62(71(57)63)74(75)68(72(52)73)48-23-9-3-10-24-48)64-43-50(44-65-55-29-13-14-36-66(55)77-76(64)65)51-37-41-61-59-31-16-28-47-27-15-30-58(67(47)59)60-34-17-32-56(51)70(60)61/h1-44H. The van der Waals surface area contributed by atoms with Gasteiger partial charge in [0.2, 0.25) is 0 Å². The zero-order valence-electron chi connectivity index (χ0n) is 41.8. The molecule has 0 nitrogen and oxygen atoms in total. The van der Waals surface area contributed by atoms with Crippen LogP contribution in [-0.4, -0.2) is 0 Å². The van der Waals surface area contributed by atoms with E-state index >= 15 is 0 Å². The van der Waals surface area contributed by atoms with Crippen LogP contribution in [0.1, 0.15) is 0 Å². The molecule has 0 unspecified atom stereocenters. The van der Waals surface area contributed by atoms with Gasteiger partial charge < -0.3 is 0 Å². The molecule has 0 saturated heterocycles. The van der Waals surface area contributed by atoms with Crippen LogP contribution < -0.4 is 0 Å². The van der Waals surface area contributed by atoms with E-state index < -0.39 is 0 Å². The first-order valence-electron chi connectivity index (χ1n) is 26.7. The summed E-state index contributed by atoms with van der Waals surface area (Å²) in [5.74, 6) is 0. The molecule has 1 heteroatoms. The van der Waals surface area contributed by atoms with Crippen molar-refractivity contribution in [1.29, 1.82) is 0 Å². The maximum atomic E-state index is 2.52. The fourth-order valence-corrected chi connectivity index (χ4v) is 15.0. The van der Waals surface area contributed by atoms with Gasteiger partial charge in [0.05, 0.1) is 0 Å². The highest BCUT2D eigenvalue weighted by Crippen LogP contribution is 2.61. The summed E-state index contributed by atoms with van der Waals surface area (Å²) in [4.78, 5) is 0. The van der Waals surface area contributed by atoms with E-state index in [-0.39, 0.29) is 0 Å². The van der Waals surface area contributed by atoms with Crippen LogP contribution in [0.2, 0.25) is 0 Å². The third-order valence-corrected chi connectivity index (χ3v) is 18.2. The molecule has 0 radical (unpaired) electrons. The number of fused-ring (bicyclic) bond motifs is 9. The average Bonchev–Trinajstić information content (AvgIpc) is 4.28. The molecule has 0 bridgehead atoms. The van der Waals surface area contributed by atoms with Gasteiger partial charge >= 0.3 is 0 Å². The average molecular weight is 989 g/mol. The second kappa shape index (κ2) is 16.4. The highest BCUT2D eigenvalue weighted by atomic mass is 32.1. The Balaban J connectivity index is 0.992. The van der Waals surface area contributed by atoms with Crippen LogP contribution in [0.3, 0.4) is 0 Å². The molecule has 354 valence electrons. The zero-order chi connectivity index (χ0) is 50.3. The second-order valence-corrected chi connectivity index (χ2v) is 21.9. The number of hydrogen-bond donors (Lipinski definition) is 0.